The van der Waals surface area contributed by atoms with Crippen LogP contribution in [0.3, 0.4) is 0 Å². The molecule has 0 radical (unpaired) electrons. The molecule has 0 saturated heterocycles. The minimum absolute atomic E-state index is 0.0586. The Morgan fingerprint density at radius 3 is 3.06 bits per heavy atom. The Kier molecular flexibility index (Phi) is 3.75. The fraction of sp³-hybridized carbons (Fsp3) is 0.273. The zero-order chi connectivity index (χ0) is 11.5. The zero-order valence-electron chi connectivity index (χ0n) is 8.81. The van der Waals surface area contributed by atoms with Crippen LogP contribution < -0.4 is 5.56 Å². The van der Waals surface area contributed by atoms with Crippen molar-refractivity contribution in [1.82, 2.24) is 9.55 Å². The number of thiophene rings is 1. The van der Waals surface area contributed by atoms with Crippen molar-refractivity contribution in [1.29, 1.82) is 0 Å². The molecule has 2 rings (SSSR count). The predicted molar refractivity (Wildman–Crippen MR) is 74.0 cm³/mol. The van der Waals surface area contributed by atoms with Crippen molar-refractivity contribution in [2.45, 2.75) is 19.9 Å². The van der Waals surface area contributed by atoms with E-state index in [9.17, 15) is 4.79 Å². The summed E-state index contributed by atoms with van der Waals surface area (Å²) in [5, 5.41) is 4.16. The minimum atomic E-state index is 0.0586. The van der Waals surface area contributed by atoms with Gasteiger partial charge in [0.2, 0.25) is 0 Å². The van der Waals surface area contributed by atoms with Crippen molar-refractivity contribution >= 4 is 33.9 Å². The summed E-state index contributed by atoms with van der Waals surface area (Å²) in [6.07, 6.45) is 2.51. The second kappa shape index (κ2) is 5.09. The largest absolute Gasteiger partial charge is 0.298 e. The predicted octanol–water partition coefficient (Wildman–Crippen LogP) is 2.46. The van der Waals surface area contributed by atoms with Gasteiger partial charge in [-0.2, -0.15) is 11.3 Å². The maximum Gasteiger partial charge on any atom is 0.267 e. The van der Waals surface area contributed by atoms with E-state index in [-0.39, 0.29) is 5.56 Å². The Labute approximate surface area is 111 Å². The Hall–Kier alpha value is -0.690. The van der Waals surface area contributed by atoms with Crippen LogP contribution in [0.15, 0.2) is 27.9 Å². The van der Waals surface area contributed by atoms with Crippen molar-refractivity contribution in [3.05, 3.63) is 48.3 Å². The molecule has 0 aliphatic heterocycles. The number of aryl methyl sites for hydroxylation is 3. The molecule has 0 amide bonds. The molecule has 0 aromatic carbocycles. The van der Waals surface area contributed by atoms with Gasteiger partial charge in [-0.15, -0.1) is 0 Å². The topological polar surface area (TPSA) is 34.9 Å². The Morgan fingerprint density at radius 1 is 1.56 bits per heavy atom. The van der Waals surface area contributed by atoms with Gasteiger partial charge in [-0.1, -0.05) is 0 Å². The summed E-state index contributed by atoms with van der Waals surface area (Å²) in [6, 6.07) is 2.09. The van der Waals surface area contributed by atoms with Gasteiger partial charge in [-0.25, -0.2) is 4.98 Å². The van der Waals surface area contributed by atoms with Crippen LogP contribution in [-0.4, -0.2) is 9.55 Å². The van der Waals surface area contributed by atoms with E-state index in [0.29, 0.717) is 10.1 Å². The fourth-order valence-electron chi connectivity index (χ4n) is 1.39. The molecule has 0 aliphatic rings. The Balaban J connectivity index is 2.17. The molecule has 0 unspecified atom stereocenters. The van der Waals surface area contributed by atoms with Crippen LogP contribution in [0.5, 0.6) is 0 Å². The maximum atomic E-state index is 11.9. The van der Waals surface area contributed by atoms with Gasteiger partial charge in [0.1, 0.15) is 0 Å². The van der Waals surface area contributed by atoms with Crippen molar-refractivity contribution in [2.75, 3.05) is 0 Å². The molecular weight excluding hydrogens is 335 g/mol. The first-order valence-electron chi connectivity index (χ1n) is 4.91. The van der Waals surface area contributed by atoms with Gasteiger partial charge in [-0.05, 0) is 58.3 Å². The highest BCUT2D eigenvalue weighted by Crippen LogP contribution is 2.07. The number of rotatable bonds is 3. The summed E-state index contributed by atoms with van der Waals surface area (Å²) in [4.78, 5) is 16.1. The SMILES string of the molecule is Cc1ncn(CCc2ccsc2)c(=O)c1I. The van der Waals surface area contributed by atoms with Gasteiger partial charge in [0.25, 0.3) is 5.56 Å². The molecule has 0 spiro atoms. The average molecular weight is 346 g/mol. The second-order valence-electron chi connectivity index (χ2n) is 3.52. The second-order valence-corrected chi connectivity index (χ2v) is 5.38. The van der Waals surface area contributed by atoms with E-state index in [1.807, 2.05) is 6.92 Å². The van der Waals surface area contributed by atoms with E-state index < -0.39 is 0 Å². The molecule has 0 fully saturated rings. The number of aromatic nitrogens is 2. The van der Waals surface area contributed by atoms with E-state index >= 15 is 0 Å². The molecule has 5 heteroatoms. The average Bonchev–Trinajstić information content (AvgIpc) is 2.78. The van der Waals surface area contributed by atoms with E-state index in [0.717, 1.165) is 12.1 Å². The first kappa shape index (κ1) is 11.8. The van der Waals surface area contributed by atoms with Gasteiger partial charge in [0.15, 0.2) is 0 Å². The molecule has 0 bridgehead atoms. The zero-order valence-corrected chi connectivity index (χ0v) is 11.8. The lowest BCUT2D eigenvalue weighted by molar-refractivity contribution is 0.648. The van der Waals surface area contributed by atoms with E-state index in [1.54, 1.807) is 22.2 Å². The smallest absolute Gasteiger partial charge is 0.267 e. The highest BCUT2D eigenvalue weighted by molar-refractivity contribution is 14.1. The van der Waals surface area contributed by atoms with Crippen LogP contribution in [-0.2, 0) is 13.0 Å². The lowest BCUT2D eigenvalue weighted by Gasteiger charge is -2.05. The van der Waals surface area contributed by atoms with Crippen molar-refractivity contribution < 1.29 is 0 Å². The Morgan fingerprint density at radius 2 is 2.38 bits per heavy atom. The van der Waals surface area contributed by atoms with Gasteiger partial charge in [-0.3, -0.25) is 9.36 Å². The van der Waals surface area contributed by atoms with Crippen LogP contribution in [0, 0.1) is 10.5 Å². The third-order valence-electron chi connectivity index (χ3n) is 2.38. The summed E-state index contributed by atoms with van der Waals surface area (Å²) < 4.78 is 2.39. The molecular formula is C11H11IN2OS. The molecule has 84 valence electrons. The molecule has 0 aliphatic carbocycles. The Bertz CT molecular complexity index is 533. The summed E-state index contributed by atoms with van der Waals surface area (Å²) in [5.41, 5.74) is 2.13. The maximum absolute atomic E-state index is 11.9. The van der Waals surface area contributed by atoms with E-state index in [1.165, 1.54) is 5.56 Å². The molecule has 2 heterocycles. The van der Waals surface area contributed by atoms with E-state index in [2.05, 4.69) is 44.4 Å². The fourth-order valence-corrected chi connectivity index (χ4v) is 2.54. The molecule has 0 atom stereocenters. The number of nitrogens with zero attached hydrogens (tertiary/aromatic N) is 2. The van der Waals surface area contributed by atoms with Crippen LogP contribution in [0.2, 0.25) is 0 Å². The molecule has 0 N–H and O–H groups in total. The van der Waals surface area contributed by atoms with Crippen molar-refractivity contribution in [2.24, 2.45) is 0 Å². The van der Waals surface area contributed by atoms with Crippen LogP contribution in [0.1, 0.15) is 11.3 Å². The van der Waals surface area contributed by atoms with Gasteiger partial charge in [0, 0.05) is 6.54 Å². The lowest BCUT2D eigenvalue weighted by atomic mass is 10.2. The third kappa shape index (κ3) is 2.52. The molecule has 3 nitrogen and oxygen atoms in total. The molecule has 16 heavy (non-hydrogen) atoms. The summed E-state index contributed by atoms with van der Waals surface area (Å²) in [5.74, 6) is 0. The quantitative estimate of drug-likeness (QED) is 0.801. The van der Waals surface area contributed by atoms with E-state index in [4.69, 9.17) is 0 Å². The standard InChI is InChI=1S/C11H11IN2OS/c1-8-10(12)11(15)14(7-13-8)4-2-9-3-5-16-6-9/h3,5-7H,2,4H2,1H3. The number of hydrogen-bond acceptors (Lipinski definition) is 3. The molecule has 2 aromatic rings. The van der Waals surface area contributed by atoms with Crippen molar-refractivity contribution in [3.63, 3.8) is 0 Å². The summed E-state index contributed by atoms with van der Waals surface area (Å²) in [6.45, 7) is 2.55. The number of hydrogen-bond donors (Lipinski definition) is 0. The van der Waals surface area contributed by atoms with Crippen molar-refractivity contribution in [3.8, 4) is 0 Å². The monoisotopic (exact) mass is 346 g/mol. The van der Waals surface area contributed by atoms with Crippen LogP contribution in [0.25, 0.3) is 0 Å². The summed E-state index contributed by atoms with van der Waals surface area (Å²) in [7, 11) is 0. The molecule has 2 aromatic heterocycles. The third-order valence-corrected chi connectivity index (χ3v) is 4.35. The van der Waals surface area contributed by atoms with Gasteiger partial charge >= 0.3 is 0 Å². The molecule has 0 saturated carbocycles. The lowest BCUT2D eigenvalue weighted by Crippen LogP contribution is -2.24. The highest BCUT2D eigenvalue weighted by atomic mass is 127. The highest BCUT2D eigenvalue weighted by Gasteiger charge is 2.05. The minimum Gasteiger partial charge on any atom is -0.298 e. The van der Waals surface area contributed by atoms with Gasteiger partial charge < -0.3 is 0 Å². The van der Waals surface area contributed by atoms with Gasteiger partial charge in [0.05, 0.1) is 15.6 Å². The van der Waals surface area contributed by atoms with Crippen LogP contribution >= 0.6 is 33.9 Å². The van der Waals surface area contributed by atoms with Crippen LogP contribution in [0.4, 0.5) is 0 Å². The normalized spacial score (nSPS) is 10.6. The first-order chi connectivity index (χ1) is 7.68. The first-order valence-corrected chi connectivity index (χ1v) is 6.93. The summed E-state index contributed by atoms with van der Waals surface area (Å²) >= 11 is 3.73. The number of halogens is 1.